The highest BCUT2D eigenvalue weighted by Crippen LogP contribution is 2.30. The number of oxime groups is 1. The maximum absolute atomic E-state index is 11.7. The predicted octanol–water partition coefficient (Wildman–Crippen LogP) is 4.86. The Morgan fingerprint density at radius 1 is 0.857 bits per heavy atom. The molecular formula is C28H32N2O5. The smallest absolute Gasteiger partial charge is 0.346 e. The van der Waals surface area contributed by atoms with Crippen molar-refractivity contribution in [3.63, 3.8) is 0 Å². The summed E-state index contributed by atoms with van der Waals surface area (Å²) in [5.41, 5.74) is 3.71. The third-order valence-corrected chi connectivity index (χ3v) is 5.65. The molecule has 0 aliphatic heterocycles. The highest BCUT2D eigenvalue weighted by Gasteiger charge is 2.27. The lowest BCUT2D eigenvalue weighted by atomic mass is 9.94. The highest BCUT2D eigenvalue weighted by molar-refractivity contribution is 6.04. The van der Waals surface area contributed by atoms with Crippen molar-refractivity contribution in [2.24, 2.45) is 5.16 Å². The summed E-state index contributed by atoms with van der Waals surface area (Å²) < 4.78 is 15.4. The second-order valence-corrected chi connectivity index (χ2v) is 7.78. The van der Waals surface area contributed by atoms with E-state index in [2.05, 4.69) is 29.1 Å². The molecule has 7 heteroatoms. The number of benzene rings is 3. The molecule has 1 unspecified atom stereocenters. The molecule has 3 rings (SSSR count). The van der Waals surface area contributed by atoms with Gasteiger partial charge in [0.1, 0.15) is 17.2 Å². The SMILES string of the molecule is CCN(Cc1ccccc1)C(C(=NOCC(=O)OC)c1ccc(OC)cc1)c1ccc(OC)cc1. The van der Waals surface area contributed by atoms with Gasteiger partial charge in [-0.2, -0.15) is 0 Å². The number of hydrogen-bond donors (Lipinski definition) is 0. The molecular weight excluding hydrogens is 444 g/mol. The lowest BCUT2D eigenvalue weighted by Crippen LogP contribution is -2.34. The number of methoxy groups -OCH3 is 3. The van der Waals surface area contributed by atoms with Crippen LogP contribution in [0.15, 0.2) is 84.0 Å². The van der Waals surface area contributed by atoms with Gasteiger partial charge in [-0.15, -0.1) is 0 Å². The molecule has 0 spiro atoms. The van der Waals surface area contributed by atoms with Crippen molar-refractivity contribution in [3.05, 3.63) is 95.6 Å². The molecule has 3 aromatic carbocycles. The van der Waals surface area contributed by atoms with Crippen LogP contribution in [0.4, 0.5) is 0 Å². The Morgan fingerprint density at radius 3 is 2.00 bits per heavy atom. The summed E-state index contributed by atoms with van der Waals surface area (Å²) in [7, 11) is 4.59. The van der Waals surface area contributed by atoms with E-state index in [1.54, 1.807) is 14.2 Å². The van der Waals surface area contributed by atoms with E-state index in [1.807, 2.05) is 66.7 Å². The quantitative estimate of drug-likeness (QED) is 0.211. The van der Waals surface area contributed by atoms with Gasteiger partial charge in [0.2, 0.25) is 6.61 Å². The van der Waals surface area contributed by atoms with Gasteiger partial charge in [-0.3, -0.25) is 4.90 Å². The number of carbonyl (C=O) groups excluding carboxylic acids is 1. The fourth-order valence-electron chi connectivity index (χ4n) is 3.77. The van der Waals surface area contributed by atoms with E-state index in [9.17, 15) is 4.79 Å². The summed E-state index contributed by atoms with van der Waals surface area (Å²) in [6.45, 7) is 3.27. The van der Waals surface area contributed by atoms with Crippen LogP contribution in [0.25, 0.3) is 0 Å². The molecule has 35 heavy (non-hydrogen) atoms. The molecule has 0 aliphatic carbocycles. The Kier molecular flexibility index (Phi) is 9.69. The van der Waals surface area contributed by atoms with E-state index in [0.29, 0.717) is 12.3 Å². The van der Waals surface area contributed by atoms with Gasteiger partial charge < -0.3 is 19.0 Å². The van der Waals surface area contributed by atoms with Crippen LogP contribution in [0.2, 0.25) is 0 Å². The van der Waals surface area contributed by atoms with Crippen LogP contribution in [0.5, 0.6) is 11.5 Å². The molecule has 184 valence electrons. The van der Waals surface area contributed by atoms with Crippen LogP contribution >= 0.6 is 0 Å². The average molecular weight is 477 g/mol. The van der Waals surface area contributed by atoms with Crippen molar-refractivity contribution >= 4 is 11.7 Å². The first-order chi connectivity index (χ1) is 17.1. The molecule has 0 heterocycles. The van der Waals surface area contributed by atoms with E-state index in [1.165, 1.54) is 12.7 Å². The summed E-state index contributed by atoms with van der Waals surface area (Å²) in [5, 5.41) is 4.47. The normalized spacial score (nSPS) is 12.2. The van der Waals surface area contributed by atoms with Gasteiger partial charge in [0, 0.05) is 12.1 Å². The number of nitrogens with zero attached hydrogens (tertiary/aromatic N) is 2. The fourth-order valence-corrected chi connectivity index (χ4v) is 3.77. The summed E-state index contributed by atoms with van der Waals surface area (Å²) in [4.78, 5) is 19.5. The maximum Gasteiger partial charge on any atom is 0.346 e. The van der Waals surface area contributed by atoms with Crippen molar-refractivity contribution in [1.82, 2.24) is 4.90 Å². The van der Waals surface area contributed by atoms with Gasteiger partial charge in [0.25, 0.3) is 0 Å². The lowest BCUT2D eigenvalue weighted by Gasteiger charge is -2.32. The van der Waals surface area contributed by atoms with Gasteiger partial charge in [-0.25, -0.2) is 4.79 Å². The molecule has 0 saturated heterocycles. The topological polar surface area (TPSA) is 69.6 Å². The number of likely N-dealkylation sites (N-methyl/N-ethyl adjacent to an activating group) is 1. The average Bonchev–Trinajstić information content (AvgIpc) is 2.92. The Hall–Kier alpha value is -3.84. The first kappa shape index (κ1) is 25.8. The van der Waals surface area contributed by atoms with Crippen molar-refractivity contribution in [2.75, 3.05) is 34.5 Å². The predicted molar refractivity (Wildman–Crippen MR) is 136 cm³/mol. The standard InChI is InChI=1S/C28H32N2O5/c1-5-30(19-21-9-7-6-8-10-21)28(23-13-17-25(33-3)18-14-23)27(29-35-20-26(31)34-4)22-11-15-24(32-2)16-12-22/h6-18,28H,5,19-20H2,1-4H3. The molecule has 3 aromatic rings. The van der Waals surface area contributed by atoms with Crippen LogP contribution < -0.4 is 9.47 Å². The minimum absolute atomic E-state index is 0.267. The molecule has 0 aromatic heterocycles. The van der Waals surface area contributed by atoms with Crippen LogP contribution in [0, 0.1) is 0 Å². The Morgan fingerprint density at radius 2 is 1.46 bits per heavy atom. The van der Waals surface area contributed by atoms with Crippen LogP contribution in [-0.4, -0.2) is 51.1 Å². The minimum atomic E-state index is -0.500. The second-order valence-electron chi connectivity index (χ2n) is 7.78. The van der Waals surface area contributed by atoms with E-state index in [4.69, 9.17) is 19.0 Å². The van der Waals surface area contributed by atoms with Crippen molar-refractivity contribution < 1.29 is 23.8 Å². The fraction of sp³-hybridized carbons (Fsp3) is 0.286. The zero-order chi connectivity index (χ0) is 25.0. The molecule has 0 saturated carbocycles. The summed E-state index contributed by atoms with van der Waals surface area (Å²) in [6, 6.07) is 25.5. The molecule has 0 radical (unpaired) electrons. The third-order valence-electron chi connectivity index (χ3n) is 5.65. The zero-order valence-electron chi connectivity index (χ0n) is 20.6. The molecule has 0 N–H and O–H groups in total. The first-order valence-corrected chi connectivity index (χ1v) is 11.4. The first-order valence-electron chi connectivity index (χ1n) is 11.4. The van der Waals surface area contributed by atoms with Gasteiger partial charge in [0.05, 0.1) is 27.4 Å². The zero-order valence-corrected chi connectivity index (χ0v) is 20.6. The van der Waals surface area contributed by atoms with Gasteiger partial charge >= 0.3 is 5.97 Å². The van der Waals surface area contributed by atoms with Gasteiger partial charge in [-0.05, 0) is 54.1 Å². The Balaban J connectivity index is 2.10. The Bertz CT molecular complexity index is 1080. The van der Waals surface area contributed by atoms with E-state index in [0.717, 1.165) is 29.2 Å². The number of esters is 1. The number of carbonyl (C=O) groups is 1. The van der Waals surface area contributed by atoms with E-state index in [-0.39, 0.29) is 12.6 Å². The minimum Gasteiger partial charge on any atom is -0.497 e. The van der Waals surface area contributed by atoms with Crippen LogP contribution in [0.1, 0.15) is 29.7 Å². The van der Waals surface area contributed by atoms with E-state index >= 15 is 0 Å². The molecule has 1 atom stereocenters. The number of rotatable bonds is 12. The molecule has 0 fully saturated rings. The lowest BCUT2D eigenvalue weighted by molar-refractivity contribution is -0.145. The second kappa shape index (κ2) is 13.2. The van der Waals surface area contributed by atoms with Crippen LogP contribution in [-0.2, 0) is 20.9 Å². The van der Waals surface area contributed by atoms with Gasteiger partial charge in [-0.1, -0.05) is 54.5 Å². The van der Waals surface area contributed by atoms with Crippen molar-refractivity contribution in [2.45, 2.75) is 19.5 Å². The molecule has 7 nitrogen and oxygen atoms in total. The van der Waals surface area contributed by atoms with Crippen molar-refractivity contribution in [1.29, 1.82) is 0 Å². The molecule has 0 bridgehead atoms. The Labute approximate surface area is 206 Å². The summed E-state index contributed by atoms with van der Waals surface area (Å²) in [5.74, 6) is 1.00. The van der Waals surface area contributed by atoms with Crippen LogP contribution in [0.3, 0.4) is 0 Å². The van der Waals surface area contributed by atoms with Gasteiger partial charge in [0.15, 0.2) is 0 Å². The number of hydrogen-bond acceptors (Lipinski definition) is 7. The largest absolute Gasteiger partial charge is 0.497 e. The van der Waals surface area contributed by atoms with Crippen molar-refractivity contribution in [3.8, 4) is 11.5 Å². The molecule has 0 aliphatic rings. The highest BCUT2D eigenvalue weighted by atomic mass is 16.6. The monoisotopic (exact) mass is 476 g/mol. The maximum atomic E-state index is 11.7. The third kappa shape index (κ3) is 7.07. The number of ether oxygens (including phenoxy) is 3. The molecule has 0 amide bonds. The summed E-state index contributed by atoms with van der Waals surface area (Å²) >= 11 is 0. The van der Waals surface area contributed by atoms with E-state index < -0.39 is 5.97 Å². The summed E-state index contributed by atoms with van der Waals surface area (Å²) in [6.07, 6.45) is 0.